The summed E-state index contributed by atoms with van der Waals surface area (Å²) in [5.41, 5.74) is 0. The predicted octanol–water partition coefficient (Wildman–Crippen LogP) is 14.0. The molecule has 2 unspecified atom stereocenters. The van der Waals surface area contributed by atoms with E-state index < -0.39 is 18.1 Å². The molecule has 0 aliphatic heterocycles. The Morgan fingerprint density at radius 1 is 0.469 bits per heavy atom. The fourth-order valence-electron chi connectivity index (χ4n) is 7.61. The van der Waals surface area contributed by atoms with E-state index in [-0.39, 0.29) is 42.7 Å². The molecule has 0 bridgehead atoms. The second-order valence-corrected chi connectivity index (χ2v) is 18.8. The zero-order valence-corrected chi connectivity index (χ0v) is 42.2. The van der Waals surface area contributed by atoms with Crippen LogP contribution in [0.1, 0.15) is 226 Å². The van der Waals surface area contributed by atoms with E-state index in [0.29, 0.717) is 12.8 Å². The molecule has 370 valence electrons. The van der Waals surface area contributed by atoms with Crippen molar-refractivity contribution < 1.29 is 38.2 Å². The summed E-state index contributed by atoms with van der Waals surface area (Å²) in [4.78, 5) is 37.0. The van der Waals surface area contributed by atoms with E-state index in [1.165, 1.54) is 128 Å². The summed E-state index contributed by atoms with van der Waals surface area (Å²) >= 11 is 0. The Balaban J connectivity index is 4.27. The highest BCUT2D eigenvalue weighted by molar-refractivity contribution is 5.70. The van der Waals surface area contributed by atoms with Gasteiger partial charge in [0.25, 0.3) is 0 Å². The first kappa shape index (κ1) is 61.0. The summed E-state index contributed by atoms with van der Waals surface area (Å²) in [5, 5.41) is 11.7. The molecule has 0 aliphatic carbocycles. The molecule has 0 aromatic rings. The lowest BCUT2D eigenvalue weighted by Gasteiger charge is -2.34. The molecule has 0 rings (SSSR count). The number of aliphatic carboxylic acids is 1. The lowest BCUT2D eigenvalue weighted by molar-refractivity contribution is -0.889. The Hall–Kier alpha value is -2.97. The minimum Gasteiger partial charge on any atom is -0.544 e. The molecule has 0 spiro atoms. The maximum absolute atomic E-state index is 12.8. The Bertz CT molecular complexity index is 1230. The van der Waals surface area contributed by atoms with Gasteiger partial charge in [-0.1, -0.05) is 203 Å². The molecular weight excluding hydrogens is 799 g/mol. The van der Waals surface area contributed by atoms with Crippen LogP contribution >= 0.6 is 0 Å². The van der Waals surface area contributed by atoms with Crippen molar-refractivity contribution in [1.82, 2.24) is 0 Å². The monoisotopic (exact) mass is 898 g/mol. The van der Waals surface area contributed by atoms with Crippen LogP contribution in [0.2, 0.25) is 0 Å². The maximum atomic E-state index is 12.8. The fraction of sp³-hybridized carbons (Fsp3) is 0.768. The first-order valence-corrected chi connectivity index (χ1v) is 26.4. The van der Waals surface area contributed by atoms with E-state index in [0.717, 1.165) is 64.2 Å². The Morgan fingerprint density at radius 2 is 0.844 bits per heavy atom. The molecule has 2 atom stereocenters. The van der Waals surface area contributed by atoms with Crippen molar-refractivity contribution in [2.75, 3.05) is 41.0 Å². The van der Waals surface area contributed by atoms with Gasteiger partial charge >= 0.3 is 11.9 Å². The lowest BCUT2D eigenvalue weighted by atomic mass is 10.0. The number of carboxylic acids is 1. The van der Waals surface area contributed by atoms with Crippen LogP contribution < -0.4 is 5.11 Å². The molecule has 0 N–H and O–H groups in total. The molecule has 0 fully saturated rings. The van der Waals surface area contributed by atoms with Crippen LogP contribution in [-0.4, -0.2) is 75.5 Å². The minimum atomic E-state index is -1.13. The number of hydrogen-bond acceptors (Lipinski definition) is 7. The number of nitrogens with zero attached hydrogens (tertiary/aromatic N) is 1. The van der Waals surface area contributed by atoms with Crippen LogP contribution in [0.4, 0.5) is 0 Å². The minimum absolute atomic E-state index is 0.0281. The molecule has 8 nitrogen and oxygen atoms in total. The Kier molecular flexibility index (Phi) is 44.4. The molecule has 0 saturated carbocycles. The first-order valence-electron chi connectivity index (χ1n) is 26.4. The van der Waals surface area contributed by atoms with Gasteiger partial charge in [0, 0.05) is 19.3 Å². The van der Waals surface area contributed by atoms with E-state index in [4.69, 9.17) is 14.2 Å². The van der Waals surface area contributed by atoms with Gasteiger partial charge in [-0.2, -0.15) is 0 Å². The third kappa shape index (κ3) is 44.2. The number of quaternary nitrogens is 1. The summed E-state index contributed by atoms with van der Waals surface area (Å²) in [6.07, 6.45) is 58.2. The van der Waals surface area contributed by atoms with E-state index in [1.807, 2.05) is 0 Å². The van der Waals surface area contributed by atoms with Gasteiger partial charge in [0.2, 0.25) is 0 Å². The summed E-state index contributed by atoms with van der Waals surface area (Å²) in [5.74, 6) is -1.77. The number of carbonyl (C=O) groups is 3. The number of likely N-dealkylation sites (N-methyl/N-ethyl adjacent to an activating group) is 1. The topological polar surface area (TPSA) is 102 Å². The van der Waals surface area contributed by atoms with Gasteiger partial charge in [-0.3, -0.25) is 9.59 Å². The molecule has 0 radical (unpaired) electrons. The van der Waals surface area contributed by atoms with Crippen molar-refractivity contribution in [2.45, 2.75) is 238 Å². The quantitative estimate of drug-likeness (QED) is 0.0197. The van der Waals surface area contributed by atoms with Crippen LogP contribution in [0.3, 0.4) is 0 Å². The third-order valence-electron chi connectivity index (χ3n) is 11.7. The van der Waals surface area contributed by atoms with Crippen LogP contribution in [-0.2, 0) is 28.6 Å². The predicted molar refractivity (Wildman–Crippen MR) is 268 cm³/mol. The number of rotatable bonds is 47. The summed E-state index contributed by atoms with van der Waals surface area (Å²) in [6.45, 7) is 4.61. The van der Waals surface area contributed by atoms with Crippen LogP contribution in [0, 0.1) is 0 Å². The van der Waals surface area contributed by atoms with Gasteiger partial charge < -0.3 is 28.6 Å². The molecule has 0 amide bonds. The second-order valence-electron chi connectivity index (χ2n) is 18.8. The standard InChI is InChI=1S/C56H99NO7/c1-6-8-10-12-14-16-18-20-22-24-26-27-28-29-31-32-34-36-38-40-42-44-46-54(58)63-51-52(50-62-49-48-53(56(60)61)57(3,4)5)64-55(59)47-45-43-41-39-37-35-33-30-25-23-21-19-17-15-13-11-9-7-2/h15,17,19,21,23,25,28-30,33,52-53H,6-14,16,18,20,22,24,26-27,31-32,34-51H2,1-5H3/b17-15+,21-19+,25-23+,29-28+,33-30+. The maximum Gasteiger partial charge on any atom is 0.306 e. The van der Waals surface area contributed by atoms with Gasteiger partial charge in [0.05, 0.1) is 40.3 Å². The number of ether oxygens (including phenoxy) is 3. The SMILES string of the molecule is CCCCC/C=C/C=C/C=C/C=C/CCCCCCCC(=O)OC(COCCC(C(=O)[O-])[N+](C)(C)C)COC(=O)CCCCCCCCC/C=C/CCCCCCCCCCCCC. The highest BCUT2D eigenvalue weighted by Gasteiger charge is 2.25. The van der Waals surface area contributed by atoms with Gasteiger partial charge in [-0.25, -0.2) is 0 Å². The van der Waals surface area contributed by atoms with E-state index in [2.05, 4.69) is 74.6 Å². The van der Waals surface area contributed by atoms with Gasteiger partial charge in [-0.15, -0.1) is 0 Å². The van der Waals surface area contributed by atoms with Crippen molar-refractivity contribution in [1.29, 1.82) is 0 Å². The van der Waals surface area contributed by atoms with Crippen LogP contribution in [0.5, 0.6) is 0 Å². The molecule has 64 heavy (non-hydrogen) atoms. The largest absolute Gasteiger partial charge is 0.544 e. The van der Waals surface area contributed by atoms with E-state index in [1.54, 1.807) is 21.1 Å². The second kappa shape index (κ2) is 46.6. The van der Waals surface area contributed by atoms with Crippen LogP contribution in [0.15, 0.2) is 60.8 Å². The van der Waals surface area contributed by atoms with Crippen molar-refractivity contribution in [3.63, 3.8) is 0 Å². The summed E-state index contributed by atoms with van der Waals surface area (Å²) < 4.78 is 17.2. The molecular formula is C56H99NO7. The number of unbranched alkanes of at least 4 members (excludes halogenated alkanes) is 26. The number of esters is 2. The number of carboxylic acid groups (broad SMARTS) is 1. The van der Waals surface area contributed by atoms with Crippen molar-refractivity contribution in [3.8, 4) is 0 Å². The lowest BCUT2D eigenvalue weighted by Crippen LogP contribution is -2.55. The van der Waals surface area contributed by atoms with Crippen molar-refractivity contribution in [2.24, 2.45) is 0 Å². The average Bonchev–Trinajstić information content (AvgIpc) is 3.26. The molecule has 0 heterocycles. The third-order valence-corrected chi connectivity index (χ3v) is 11.7. The number of hydrogen-bond donors (Lipinski definition) is 0. The van der Waals surface area contributed by atoms with E-state index >= 15 is 0 Å². The average molecular weight is 898 g/mol. The Morgan fingerprint density at radius 3 is 1.30 bits per heavy atom. The van der Waals surface area contributed by atoms with E-state index in [9.17, 15) is 19.5 Å². The smallest absolute Gasteiger partial charge is 0.306 e. The molecule has 0 saturated heterocycles. The number of carbonyl (C=O) groups excluding carboxylic acids is 3. The zero-order valence-electron chi connectivity index (χ0n) is 42.2. The van der Waals surface area contributed by atoms with Gasteiger partial charge in [0.1, 0.15) is 12.6 Å². The van der Waals surface area contributed by atoms with Crippen molar-refractivity contribution >= 4 is 17.9 Å². The normalized spacial score (nSPS) is 13.3. The highest BCUT2D eigenvalue weighted by Crippen LogP contribution is 2.15. The van der Waals surface area contributed by atoms with Gasteiger partial charge in [0.15, 0.2) is 6.10 Å². The molecule has 8 heteroatoms. The number of allylic oxidation sites excluding steroid dienone is 10. The molecule has 0 aliphatic rings. The zero-order chi connectivity index (χ0) is 47.0. The first-order chi connectivity index (χ1) is 31.1. The molecule has 0 aromatic heterocycles. The fourth-order valence-corrected chi connectivity index (χ4v) is 7.61. The van der Waals surface area contributed by atoms with Crippen molar-refractivity contribution in [3.05, 3.63) is 60.8 Å². The summed E-state index contributed by atoms with van der Waals surface area (Å²) in [6, 6.07) is -0.734. The molecule has 0 aromatic carbocycles. The Labute approximate surface area is 394 Å². The van der Waals surface area contributed by atoms with Gasteiger partial charge in [-0.05, 0) is 64.2 Å². The van der Waals surface area contributed by atoms with Crippen LogP contribution in [0.25, 0.3) is 0 Å². The highest BCUT2D eigenvalue weighted by atomic mass is 16.6. The summed E-state index contributed by atoms with van der Waals surface area (Å²) in [7, 11) is 5.40.